The van der Waals surface area contributed by atoms with E-state index < -0.39 is 0 Å². The molecule has 0 aliphatic carbocycles. The van der Waals surface area contributed by atoms with Crippen molar-refractivity contribution in [3.8, 4) is 0 Å². The lowest BCUT2D eigenvalue weighted by molar-refractivity contribution is -0.157. The van der Waals surface area contributed by atoms with E-state index in [-0.39, 0.29) is 12.1 Å². The topological polar surface area (TPSA) is 35.5 Å². The molecule has 0 aromatic rings. The zero-order valence-electron chi connectivity index (χ0n) is 12.1. The van der Waals surface area contributed by atoms with Gasteiger partial charge in [0.25, 0.3) is 0 Å². The van der Waals surface area contributed by atoms with E-state index in [0.717, 1.165) is 38.5 Å². The van der Waals surface area contributed by atoms with Gasteiger partial charge in [0, 0.05) is 6.61 Å². The molecular weight excluding hydrogens is 228 g/mol. The number of hydrogen-bond acceptors (Lipinski definition) is 3. The molecule has 106 valence electrons. The fraction of sp³-hybridized carbons (Fsp3) is 0.800. The lowest BCUT2D eigenvalue weighted by Crippen LogP contribution is -2.27. The molecule has 0 amide bonds. The van der Waals surface area contributed by atoms with Crippen molar-refractivity contribution < 1.29 is 14.3 Å². The molecule has 0 saturated heterocycles. The molecule has 0 aromatic carbocycles. The fourth-order valence-corrected chi connectivity index (χ4v) is 1.64. The summed E-state index contributed by atoms with van der Waals surface area (Å²) in [7, 11) is 0. The van der Waals surface area contributed by atoms with Crippen molar-refractivity contribution in [3.05, 3.63) is 12.2 Å². The Labute approximate surface area is 112 Å². The van der Waals surface area contributed by atoms with Crippen molar-refractivity contribution in [2.24, 2.45) is 0 Å². The molecule has 0 aliphatic rings. The first-order valence-electron chi connectivity index (χ1n) is 7.19. The Morgan fingerprint density at radius 2 is 1.94 bits per heavy atom. The molecule has 1 unspecified atom stereocenters. The van der Waals surface area contributed by atoms with E-state index in [9.17, 15) is 4.79 Å². The van der Waals surface area contributed by atoms with Crippen molar-refractivity contribution in [2.75, 3.05) is 13.2 Å². The summed E-state index contributed by atoms with van der Waals surface area (Å²) in [4.78, 5) is 11.6. The Kier molecular flexibility index (Phi) is 12.0. The number of ether oxygens (including phenoxy) is 2. The van der Waals surface area contributed by atoms with Gasteiger partial charge in [-0.15, -0.1) is 0 Å². The maximum Gasteiger partial charge on any atom is 0.335 e. The highest BCUT2D eigenvalue weighted by atomic mass is 16.6. The van der Waals surface area contributed by atoms with E-state index in [2.05, 4.69) is 19.1 Å². The van der Waals surface area contributed by atoms with Crippen LogP contribution in [0.4, 0.5) is 0 Å². The third-order valence-electron chi connectivity index (χ3n) is 2.59. The molecule has 18 heavy (non-hydrogen) atoms. The monoisotopic (exact) mass is 256 g/mol. The van der Waals surface area contributed by atoms with E-state index >= 15 is 0 Å². The van der Waals surface area contributed by atoms with E-state index in [1.807, 2.05) is 13.8 Å². The Bertz CT molecular complexity index is 224. The van der Waals surface area contributed by atoms with Crippen LogP contribution in [0.25, 0.3) is 0 Å². The molecule has 0 aromatic heterocycles. The summed E-state index contributed by atoms with van der Waals surface area (Å²) in [6.45, 7) is 7.06. The van der Waals surface area contributed by atoms with Crippen molar-refractivity contribution in [3.63, 3.8) is 0 Å². The van der Waals surface area contributed by atoms with Crippen LogP contribution in [-0.2, 0) is 14.3 Å². The summed E-state index contributed by atoms with van der Waals surface area (Å²) in [5.74, 6) is -0.217. The zero-order valence-corrected chi connectivity index (χ0v) is 12.1. The van der Waals surface area contributed by atoms with Gasteiger partial charge in [-0.1, -0.05) is 32.4 Å². The fourth-order valence-electron chi connectivity index (χ4n) is 1.64. The molecule has 0 fully saturated rings. The van der Waals surface area contributed by atoms with Crippen molar-refractivity contribution in [1.82, 2.24) is 0 Å². The van der Waals surface area contributed by atoms with Gasteiger partial charge in [-0.2, -0.15) is 0 Å². The van der Waals surface area contributed by atoms with E-state index in [4.69, 9.17) is 9.47 Å². The third-order valence-corrected chi connectivity index (χ3v) is 2.59. The largest absolute Gasteiger partial charge is 0.464 e. The van der Waals surface area contributed by atoms with Gasteiger partial charge >= 0.3 is 5.97 Å². The molecule has 0 rings (SSSR count). The summed E-state index contributed by atoms with van der Waals surface area (Å²) < 4.78 is 10.6. The molecule has 3 heteroatoms. The van der Waals surface area contributed by atoms with Gasteiger partial charge in [0.15, 0.2) is 6.10 Å². The minimum absolute atomic E-state index is 0.217. The number of carbonyl (C=O) groups excluding carboxylic acids is 1. The first-order chi connectivity index (χ1) is 8.76. The maximum absolute atomic E-state index is 11.6. The van der Waals surface area contributed by atoms with Crippen molar-refractivity contribution in [1.29, 1.82) is 0 Å². The number of esters is 1. The molecule has 0 saturated carbocycles. The Balaban J connectivity index is 3.69. The van der Waals surface area contributed by atoms with Gasteiger partial charge in [0.05, 0.1) is 6.61 Å². The normalized spacial score (nSPS) is 12.8. The quantitative estimate of drug-likeness (QED) is 0.320. The summed E-state index contributed by atoms with van der Waals surface area (Å²) >= 11 is 0. The molecule has 0 N–H and O–H groups in total. The molecule has 0 spiro atoms. The summed E-state index contributed by atoms with van der Waals surface area (Å²) in [5.41, 5.74) is 0. The van der Waals surface area contributed by atoms with Gasteiger partial charge in [0.2, 0.25) is 0 Å². The van der Waals surface area contributed by atoms with Gasteiger partial charge in [-0.3, -0.25) is 0 Å². The number of carbonyl (C=O) groups is 1. The molecule has 0 bridgehead atoms. The zero-order chi connectivity index (χ0) is 13.6. The van der Waals surface area contributed by atoms with Crippen molar-refractivity contribution in [2.45, 2.75) is 65.4 Å². The highest BCUT2D eigenvalue weighted by Crippen LogP contribution is 2.07. The van der Waals surface area contributed by atoms with Crippen LogP contribution >= 0.6 is 0 Å². The summed E-state index contributed by atoms with van der Waals surface area (Å²) in [5, 5.41) is 0. The van der Waals surface area contributed by atoms with Gasteiger partial charge in [0.1, 0.15) is 0 Å². The molecule has 1 atom stereocenters. The highest BCUT2D eigenvalue weighted by molar-refractivity contribution is 5.74. The van der Waals surface area contributed by atoms with E-state index in [1.54, 1.807) is 0 Å². The second kappa shape index (κ2) is 12.6. The van der Waals surface area contributed by atoms with Crippen LogP contribution in [0, 0.1) is 0 Å². The number of rotatable bonds is 11. The Hall–Kier alpha value is -0.830. The van der Waals surface area contributed by atoms with Crippen LogP contribution in [0.5, 0.6) is 0 Å². The van der Waals surface area contributed by atoms with Crippen molar-refractivity contribution >= 4 is 5.97 Å². The first kappa shape index (κ1) is 17.2. The number of hydrogen-bond donors (Lipinski definition) is 0. The molecule has 3 nitrogen and oxygen atoms in total. The predicted octanol–water partition coefficient (Wildman–Crippen LogP) is 3.87. The average molecular weight is 256 g/mol. The highest BCUT2D eigenvalue weighted by Gasteiger charge is 2.18. The molecular formula is C15H28O3. The van der Waals surface area contributed by atoms with Crippen LogP contribution in [0.1, 0.15) is 59.3 Å². The van der Waals surface area contributed by atoms with Gasteiger partial charge in [-0.05, 0) is 39.0 Å². The SMILES string of the molecule is CC/C=C\CCCCOC(CCC)C(=O)OCC. The molecule has 0 radical (unpaired) electrons. The minimum Gasteiger partial charge on any atom is -0.464 e. The Morgan fingerprint density at radius 3 is 2.56 bits per heavy atom. The second-order valence-electron chi connectivity index (χ2n) is 4.28. The standard InChI is InChI=1S/C15H28O3/c1-4-7-8-9-10-11-13-18-14(12-5-2)15(16)17-6-3/h7-8,14H,4-6,9-13H2,1-3H3/b8-7-. The van der Waals surface area contributed by atoms with Gasteiger partial charge in [-0.25, -0.2) is 4.79 Å². The predicted molar refractivity (Wildman–Crippen MR) is 74.6 cm³/mol. The average Bonchev–Trinajstić information content (AvgIpc) is 2.36. The molecule has 0 heterocycles. The smallest absolute Gasteiger partial charge is 0.335 e. The lowest BCUT2D eigenvalue weighted by Gasteiger charge is -2.15. The maximum atomic E-state index is 11.6. The van der Waals surface area contributed by atoms with Gasteiger partial charge < -0.3 is 9.47 Å². The van der Waals surface area contributed by atoms with Crippen LogP contribution in [-0.4, -0.2) is 25.3 Å². The summed E-state index contributed by atoms with van der Waals surface area (Å²) in [6, 6.07) is 0. The third kappa shape index (κ3) is 9.23. The van der Waals surface area contributed by atoms with Crippen LogP contribution in [0.15, 0.2) is 12.2 Å². The second-order valence-corrected chi connectivity index (χ2v) is 4.28. The molecule has 0 aliphatic heterocycles. The van der Waals surface area contributed by atoms with Crippen LogP contribution < -0.4 is 0 Å². The lowest BCUT2D eigenvalue weighted by atomic mass is 10.2. The first-order valence-corrected chi connectivity index (χ1v) is 7.19. The number of allylic oxidation sites excluding steroid dienone is 2. The van der Waals surface area contributed by atoms with E-state index in [0.29, 0.717) is 13.2 Å². The van der Waals surface area contributed by atoms with E-state index in [1.165, 1.54) is 0 Å². The number of unbranched alkanes of at least 4 members (excludes halogenated alkanes) is 2. The minimum atomic E-state index is -0.374. The Morgan fingerprint density at radius 1 is 1.17 bits per heavy atom. The van der Waals surface area contributed by atoms with Crippen LogP contribution in [0.3, 0.4) is 0 Å². The van der Waals surface area contributed by atoms with Crippen LogP contribution in [0.2, 0.25) is 0 Å². The summed E-state index contributed by atoms with van der Waals surface area (Å²) in [6.07, 6.45) is 9.98.